The summed E-state index contributed by atoms with van der Waals surface area (Å²) in [6, 6.07) is 5.08. The summed E-state index contributed by atoms with van der Waals surface area (Å²) in [6.07, 6.45) is 2.03. The second-order valence-corrected chi connectivity index (χ2v) is 6.38. The minimum absolute atomic E-state index is 0.0126. The van der Waals surface area contributed by atoms with Crippen LogP contribution in [-0.2, 0) is 0 Å². The zero-order chi connectivity index (χ0) is 14.5. The van der Waals surface area contributed by atoms with Gasteiger partial charge in [0.2, 0.25) is 0 Å². The number of thioether (sulfide) groups is 1. The Hall–Kier alpha value is -1.36. The van der Waals surface area contributed by atoms with Crippen molar-refractivity contribution in [2.45, 2.75) is 25.5 Å². The first-order valence-electron chi connectivity index (χ1n) is 6.24. The standard InChI is InChI=1S/C14H22N2O2S/c1-5-18-12-7-10(6-11(15)8-12)13(17)16-9-14(2,3)19-4/h6-8H,5,9,15H2,1-4H3,(H,16,17). The second-order valence-electron chi connectivity index (χ2n) is 4.87. The number of carbonyl (C=O) groups excluding carboxylic acids is 1. The first-order valence-corrected chi connectivity index (χ1v) is 7.47. The van der Waals surface area contributed by atoms with Gasteiger partial charge in [0.1, 0.15) is 5.75 Å². The summed E-state index contributed by atoms with van der Waals surface area (Å²) < 4.78 is 5.39. The summed E-state index contributed by atoms with van der Waals surface area (Å²) in [5, 5.41) is 2.92. The highest BCUT2D eigenvalue weighted by Gasteiger charge is 2.18. The van der Waals surface area contributed by atoms with Crippen molar-refractivity contribution >= 4 is 23.4 Å². The number of nitrogen functional groups attached to an aromatic ring is 1. The molecule has 0 atom stereocenters. The molecule has 1 amide bonds. The Kier molecular flexibility index (Phi) is 5.54. The van der Waals surface area contributed by atoms with Crippen LogP contribution in [0.3, 0.4) is 0 Å². The average molecular weight is 282 g/mol. The highest BCUT2D eigenvalue weighted by molar-refractivity contribution is 7.99. The number of hydrogen-bond donors (Lipinski definition) is 2. The van der Waals surface area contributed by atoms with E-state index in [0.29, 0.717) is 30.2 Å². The molecule has 3 N–H and O–H groups in total. The number of hydrogen-bond acceptors (Lipinski definition) is 4. The van der Waals surface area contributed by atoms with Gasteiger partial charge in [-0.15, -0.1) is 0 Å². The molecule has 0 aliphatic carbocycles. The lowest BCUT2D eigenvalue weighted by Crippen LogP contribution is -2.36. The van der Waals surface area contributed by atoms with Crippen LogP contribution < -0.4 is 15.8 Å². The molecule has 4 nitrogen and oxygen atoms in total. The molecule has 0 aromatic heterocycles. The summed E-state index contributed by atoms with van der Waals surface area (Å²) in [7, 11) is 0. The molecule has 0 radical (unpaired) electrons. The molecule has 0 bridgehead atoms. The van der Waals surface area contributed by atoms with Gasteiger partial charge in [0.05, 0.1) is 6.61 Å². The Balaban J connectivity index is 2.76. The maximum atomic E-state index is 12.1. The van der Waals surface area contributed by atoms with Crippen LogP contribution in [0.25, 0.3) is 0 Å². The van der Waals surface area contributed by atoms with E-state index in [4.69, 9.17) is 10.5 Å². The van der Waals surface area contributed by atoms with E-state index in [1.165, 1.54) is 0 Å². The van der Waals surface area contributed by atoms with E-state index in [1.54, 1.807) is 30.0 Å². The van der Waals surface area contributed by atoms with Gasteiger partial charge in [-0.05, 0) is 39.2 Å². The third kappa shape index (κ3) is 5.03. The topological polar surface area (TPSA) is 64.3 Å². The minimum atomic E-state index is -0.129. The smallest absolute Gasteiger partial charge is 0.251 e. The predicted octanol–water partition coefficient (Wildman–Crippen LogP) is 2.54. The molecule has 1 aromatic rings. The molecule has 5 heteroatoms. The van der Waals surface area contributed by atoms with Crippen molar-refractivity contribution < 1.29 is 9.53 Å². The van der Waals surface area contributed by atoms with Crippen LogP contribution in [-0.4, -0.2) is 30.1 Å². The summed E-state index contributed by atoms with van der Waals surface area (Å²) in [5.41, 5.74) is 6.83. The van der Waals surface area contributed by atoms with Crippen molar-refractivity contribution in [1.82, 2.24) is 5.32 Å². The monoisotopic (exact) mass is 282 g/mol. The Morgan fingerprint density at radius 2 is 2.11 bits per heavy atom. The van der Waals surface area contributed by atoms with Gasteiger partial charge in [-0.1, -0.05) is 0 Å². The van der Waals surface area contributed by atoms with Gasteiger partial charge in [-0.2, -0.15) is 11.8 Å². The van der Waals surface area contributed by atoms with Crippen molar-refractivity contribution in [2.24, 2.45) is 0 Å². The van der Waals surface area contributed by atoms with Crippen LogP contribution in [0.5, 0.6) is 5.75 Å². The number of rotatable bonds is 6. The number of amides is 1. The molecule has 0 saturated carbocycles. The number of carbonyl (C=O) groups is 1. The molecule has 0 saturated heterocycles. The fourth-order valence-corrected chi connectivity index (χ4v) is 1.69. The number of anilines is 1. The summed E-state index contributed by atoms with van der Waals surface area (Å²) in [4.78, 5) is 12.1. The molecule has 0 unspecified atom stereocenters. The van der Waals surface area contributed by atoms with E-state index in [9.17, 15) is 4.79 Å². The number of nitrogens with one attached hydrogen (secondary N) is 1. The summed E-state index contributed by atoms with van der Waals surface area (Å²) >= 11 is 1.71. The summed E-state index contributed by atoms with van der Waals surface area (Å²) in [5.74, 6) is 0.493. The van der Waals surface area contributed by atoms with Crippen LogP contribution in [0.1, 0.15) is 31.1 Å². The van der Waals surface area contributed by atoms with Crippen molar-refractivity contribution in [3.63, 3.8) is 0 Å². The van der Waals surface area contributed by atoms with Crippen molar-refractivity contribution in [3.8, 4) is 5.75 Å². The fraction of sp³-hybridized carbons (Fsp3) is 0.500. The molecule has 0 aliphatic heterocycles. The Morgan fingerprint density at radius 1 is 1.42 bits per heavy atom. The lowest BCUT2D eigenvalue weighted by molar-refractivity contribution is 0.0950. The van der Waals surface area contributed by atoms with Gasteiger partial charge in [0, 0.05) is 28.6 Å². The van der Waals surface area contributed by atoms with Gasteiger partial charge in [-0.25, -0.2) is 0 Å². The third-order valence-corrected chi connectivity index (χ3v) is 3.98. The number of nitrogens with two attached hydrogens (primary N) is 1. The van der Waals surface area contributed by atoms with E-state index in [-0.39, 0.29) is 10.7 Å². The molecule has 19 heavy (non-hydrogen) atoms. The normalized spacial score (nSPS) is 11.2. The SMILES string of the molecule is CCOc1cc(N)cc(C(=O)NCC(C)(C)SC)c1. The minimum Gasteiger partial charge on any atom is -0.494 e. The zero-order valence-corrected chi connectivity index (χ0v) is 12.8. The van der Waals surface area contributed by atoms with E-state index < -0.39 is 0 Å². The van der Waals surface area contributed by atoms with Crippen molar-refractivity contribution in [3.05, 3.63) is 23.8 Å². The van der Waals surface area contributed by atoms with Crippen LogP contribution in [0.15, 0.2) is 18.2 Å². The molecular weight excluding hydrogens is 260 g/mol. The second kappa shape index (κ2) is 6.70. The van der Waals surface area contributed by atoms with E-state index in [2.05, 4.69) is 19.2 Å². The third-order valence-electron chi connectivity index (χ3n) is 2.73. The fourth-order valence-electron chi connectivity index (χ4n) is 1.47. The molecule has 106 valence electrons. The van der Waals surface area contributed by atoms with Crippen LogP contribution in [0, 0.1) is 0 Å². The van der Waals surface area contributed by atoms with Gasteiger partial charge in [-0.3, -0.25) is 4.79 Å². The van der Waals surface area contributed by atoms with E-state index >= 15 is 0 Å². The lowest BCUT2D eigenvalue weighted by atomic mass is 10.1. The van der Waals surface area contributed by atoms with Gasteiger partial charge in [0.15, 0.2) is 0 Å². The van der Waals surface area contributed by atoms with Crippen LogP contribution >= 0.6 is 11.8 Å². The van der Waals surface area contributed by atoms with Crippen molar-refractivity contribution in [1.29, 1.82) is 0 Å². The Bertz CT molecular complexity index is 447. The van der Waals surface area contributed by atoms with Gasteiger partial charge >= 0.3 is 0 Å². The molecule has 0 spiro atoms. The van der Waals surface area contributed by atoms with Gasteiger partial charge in [0.25, 0.3) is 5.91 Å². The van der Waals surface area contributed by atoms with E-state index in [0.717, 1.165) is 0 Å². The zero-order valence-electron chi connectivity index (χ0n) is 11.9. The molecule has 1 rings (SSSR count). The largest absolute Gasteiger partial charge is 0.494 e. The Labute approximate surface area is 119 Å². The molecule has 0 heterocycles. The predicted molar refractivity (Wildman–Crippen MR) is 82.0 cm³/mol. The van der Waals surface area contributed by atoms with Crippen LogP contribution in [0.4, 0.5) is 5.69 Å². The highest BCUT2D eigenvalue weighted by Crippen LogP contribution is 2.21. The van der Waals surface area contributed by atoms with E-state index in [1.807, 2.05) is 13.2 Å². The quantitative estimate of drug-likeness (QED) is 0.787. The maximum Gasteiger partial charge on any atom is 0.251 e. The first kappa shape index (κ1) is 15.7. The molecule has 0 fully saturated rings. The molecular formula is C14H22N2O2S. The van der Waals surface area contributed by atoms with Gasteiger partial charge < -0.3 is 15.8 Å². The summed E-state index contributed by atoms with van der Waals surface area (Å²) in [6.45, 7) is 7.21. The maximum absolute atomic E-state index is 12.1. The van der Waals surface area contributed by atoms with Crippen molar-refractivity contribution in [2.75, 3.05) is 25.1 Å². The van der Waals surface area contributed by atoms with Crippen LogP contribution in [0.2, 0.25) is 0 Å². The molecule has 1 aromatic carbocycles. The Morgan fingerprint density at radius 3 is 2.68 bits per heavy atom. The number of ether oxygens (including phenoxy) is 1. The lowest BCUT2D eigenvalue weighted by Gasteiger charge is -2.22. The highest BCUT2D eigenvalue weighted by atomic mass is 32.2. The first-order chi connectivity index (χ1) is 8.88. The average Bonchev–Trinajstić information content (AvgIpc) is 2.36. The number of benzene rings is 1. The molecule has 0 aliphatic rings.